The summed E-state index contributed by atoms with van der Waals surface area (Å²) in [6, 6.07) is 0. The van der Waals surface area contributed by atoms with Crippen LogP contribution in [0.5, 0.6) is 0 Å². The largest absolute Gasteiger partial charge is 0.462 e. The van der Waals surface area contributed by atoms with E-state index in [0.717, 1.165) is 57.8 Å². The van der Waals surface area contributed by atoms with Gasteiger partial charge in [0.05, 0.1) is 0 Å². The molecule has 71 heavy (non-hydrogen) atoms. The Morgan fingerprint density at radius 3 is 0.873 bits per heavy atom. The maximum Gasteiger partial charge on any atom is 0.306 e. The van der Waals surface area contributed by atoms with Crippen molar-refractivity contribution >= 4 is 17.9 Å². The monoisotopic (exact) mass is 995 g/mol. The van der Waals surface area contributed by atoms with E-state index >= 15 is 0 Å². The molecule has 0 unspecified atom stereocenters. The molecule has 0 saturated carbocycles. The molecule has 0 aromatic heterocycles. The third-order valence-corrected chi connectivity index (χ3v) is 13.8. The van der Waals surface area contributed by atoms with Gasteiger partial charge in [-0.1, -0.05) is 281 Å². The Labute approximate surface area is 441 Å². The first-order valence-electron chi connectivity index (χ1n) is 31.1. The lowest BCUT2D eigenvalue weighted by atomic mass is 10.0. The van der Waals surface area contributed by atoms with Crippen LogP contribution < -0.4 is 0 Å². The average Bonchev–Trinajstić information content (AvgIpc) is 3.37. The van der Waals surface area contributed by atoms with Crippen molar-refractivity contribution in [2.75, 3.05) is 13.2 Å². The first-order valence-corrected chi connectivity index (χ1v) is 31.1. The summed E-state index contributed by atoms with van der Waals surface area (Å²) in [5.41, 5.74) is 0. The second kappa shape index (κ2) is 59.9. The second-order valence-electron chi connectivity index (χ2n) is 21.0. The van der Waals surface area contributed by atoms with Gasteiger partial charge in [0.25, 0.3) is 0 Å². The van der Waals surface area contributed by atoms with Crippen LogP contribution in [0.1, 0.15) is 329 Å². The highest BCUT2D eigenvalue weighted by atomic mass is 16.6. The van der Waals surface area contributed by atoms with Crippen molar-refractivity contribution in [3.63, 3.8) is 0 Å². The highest BCUT2D eigenvalue weighted by molar-refractivity contribution is 5.71. The first-order chi connectivity index (χ1) is 35.0. The molecule has 0 bridgehead atoms. The van der Waals surface area contributed by atoms with Crippen LogP contribution >= 0.6 is 0 Å². The normalized spacial score (nSPS) is 12.3. The number of carbonyl (C=O) groups excluding carboxylic acids is 3. The summed E-state index contributed by atoms with van der Waals surface area (Å²) in [5, 5.41) is 0. The molecule has 1 atom stereocenters. The lowest BCUT2D eigenvalue weighted by molar-refractivity contribution is -0.167. The molecule has 414 valence electrons. The average molecular weight is 996 g/mol. The minimum Gasteiger partial charge on any atom is -0.462 e. The van der Waals surface area contributed by atoms with Crippen molar-refractivity contribution in [3.05, 3.63) is 48.6 Å². The van der Waals surface area contributed by atoms with Gasteiger partial charge < -0.3 is 14.2 Å². The van der Waals surface area contributed by atoms with E-state index in [1.165, 1.54) is 225 Å². The molecule has 0 fully saturated rings. The minimum atomic E-state index is -0.793. The highest BCUT2D eigenvalue weighted by Gasteiger charge is 2.19. The van der Waals surface area contributed by atoms with Crippen molar-refractivity contribution in [2.24, 2.45) is 0 Å². The van der Waals surface area contributed by atoms with Gasteiger partial charge >= 0.3 is 17.9 Å². The molecule has 0 aromatic carbocycles. The third-order valence-electron chi connectivity index (χ3n) is 13.8. The van der Waals surface area contributed by atoms with Gasteiger partial charge in [-0.2, -0.15) is 0 Å². The van der Waals surface area contributed by atoms with Gasteiger partial charge in [-0.15, -0.1) is 0 Å². The summed E-state index contributed by atoms with van der Waals surface area (Å²) in [6.45, 7) is 6.62. The van der Waals surface area contributed by atoms with Crippen LogP contribution in [-0.2, 0) is 28.6 Å². The van der Waals surface area contributed by atoms with Gasteiger partial charge in [0.1, 0.15) is 13.2 Å². The summed E-state index contributed by atoms with van der Waals surface area (Å²) in [4.78, 5) is 38.2. The summed E-state index contributed by atoms with van der Waals surface area (Å²) in [6.07, 6.45) is 74.0. The summed E-state index contributed by atoms with van der Waals surface area (Å²) in [7, 11) is 0. The van der Waals surface area contributed by atoms with Crippen LogP contribution in [0.2, 0.25) is 0 Å². The van der Waals surface area contributed by atoms with Crippen LogP contribution in [0.25, 0.3) is 0 Å². The predicted molar refractivity (Wildman–Crippen MR) is 307 cm³/mol. The SMILES string of the molecule is CCCCCC/C=C\CCCCCCCCCC(=O)OC[C@@H](COC(=O)CCC/C=C\C/C=C\C/C=C\CCCCCCCC)OC(=O)CCCCCCCCCCCCCCCCCCCCCCC. The van der Waals surface area contributed by atoms with E-state index in [2.05, 4.69) is 69.4 Å². The summed E-state index contributed by atoms with van der Waals surface area (Å²) in [5.74, 6) is -0.927. The van der Waals surface area contributed by atoms with Gasteiger partial charge in [0, 0.05) is 19.3 Å². The van der Waals surface area contributed by atoms with E-state index in [9.17, 15) is 14.4 Å². The number of rotatable bonds is 57. The molecule has 0 amide bonds. The number of carbonyl (C=O) groups is 3. The molecular weight excluding hydrogens is 877 g/mol. The van der Waals surface area contributed by atoms with Gasteiger partial charge in [0.15, 0.2) is 6.10 Å². The fourth-order valence-corrected chi connectivity index (χ4v) is 9.10. The molecule has 6 heteroatoms. The molecule has 0 aliphatic carbocycles. The van der Waals surface area contributed by atoms with Crippen LogP contribution in [-0.4, -0.2) is 37.2 Å². The third kappa shape index (κ3) is 58.1. The molecule has 0 aliphatic rings. The van der Waals surface area contributed by atoms with Gasteiger partial charge in [-0.3, -0.25) is 14.4 Å². The molecule has 6 nitrogen and oxygen atoms in total. The lowest BCUT2D eigenvalue weighted by Gasteiger charge is -2.18. The molecule has 0 aromatic rings. The van der Waals surface area contributed by atoms with Crippen molar-refractivity contribution in [1.82, 2.24) is 0 Å². The molecule has 0 N–H and O–H groups in total. The smallest absolute Gasteiger partial charge is 0.306 e. The van der Waals surface area contributed by atoms with Crippen molar-refractivity contribution < 1.29 is 28.6 Å². The van der Waals surface area contributed by atoms with Crippen LogP contribution in [0.4, 0.5) is 0 Å². The molecule has 0 heterocycles. The van der Waals surface area contributed by atoms with Crippen LogP contribution in [0.3, 0.4) is 0 Å². The molecule has 0 aliphatic heterocycles. The van der Waals surface area contributed by atoms with E-state index in [-0.39, 0.29) is 31.1 Å². The second-order valence-corrected chi connectivity index (χ2v) is 21.0. The standard InChI is InChI=1S/C65H118O6/c1-4-7-10-13-16-19-22-25-28-30-31-32-33-35-38-41-44-47-50-53-56-59-65(68)71-62(60-69-63(66)57-54-51-48-45-42-39-36-27-24-21-18-15-12-9-6-3)61-70-64(67)58-55-52-49-46-43-40-37-34-29-26-23-20-17-14-11-8-5-2/h21,24,26,29,37,40,46,49,62H,4-20,22-23,25,27-28,30-36,38-39,41-45,47-48,50-61H2,1-3H3/b24-21-,29-26-,40-37-,49-46-/t62-/m0/s1. The van der Waals surface area contributed by atoms with E-state index in [4.69, 9.17) is 14.2 Å². The number of unbranched alkanes of at least 4 members (excludes halogenated alkanes) is 38. The summed E-state index contributed by atoms with van der Waals surface area (Å²) < 4.78 is 16.9. The van der Waals surface area contributed by atoms with Crippen LogP contribution in [0, 0.1) is 0 Å². The lowest BCUT2D eigenvalue weighted by Crippen LogP contribution is -2.30. The zero-order chi connectivity index (χ0) is 51.4. The molecule has 0 saturated heterocycles. The molecule has 0 radical (unpaired) electrons. The highest BCUT2D eigenvalue weighted by Crippen LogP contribution is 2.17. The van der Waals surface area contributed by atoms with Crippen molar-refractivity contribution in [3.8, 4) is 0 Å². The van der Waals surface area contributed by atoms with E-state index in [1.54, 1.807) is 0 Å². The Morgan fingerprint density at radius 2 is 0.521 bits per heavy atom. The minimum absolute atomic E-state index is 0.0878. The fraction of sp³-hybridized carbons (Fsp3) is 0.831. The molecule has 0 spiro atoms. The topological polar surface area (TPSA) is 78.9 Å². The maximum absolute atomic E-state index is 12.9. The molecule has 0 rings (SSSR count). The zero-order valence-corrected chi connectivity index (χ0v) is 47.5. The van der Waals surface area contributed by atoms with E-state index in [0.29, 0.717) is 25.7 Å². The van der Waals surface area contributed by atoms with Gasteiger partial charge in [0.2, 0.25) is 0 Å². The fourth-order valence-electron chi connectivity index (χ4n) is 9.10. The van der Waals surface area contributed by atoms with Crippen LogP contribution in [0.15, 0.2) is 48.6 Å². The first kappa shape index (κ1) is 68.4. The Kier molecular flexibility index (Phi) is 57.7. The van der Waals surface area contributed by atoms with Crippen molar-refractivity contribution in [2.45, 2.75) is 335 Å². The summed E-state index contributed by atoms with van der Waals surface area (Å²) >= 11 is 0. The number of allylic oxidation sites excluding steroid dienone is 8. The number of hydrogen-bond donors (Lipinski definition) is 0. The maximum atomic E-state index is 12.9. The Bertz CT molecular complexity index is 1230. The van der Waals surface area contributed by atoms with Crippen molar-refractivity contribution in [1.29, 1.82) is 0 Å². The van der Waals surface area contributed by atoms with Gasteiger partial charge in [-0.25, -0.2) is 0 Å². The number of ether oxygens (including phenoxy) is 3. The zero-order valence-electron chi connectivity index (χ0n) is 47.5. The predicted octanol–water partition coefficient (Wildman–Crippen LogP) is 21.0. The molecular formula is C65H118O6. The Balaban J connectivity index is 4.38. The number of esters is 3. The van der Waals surface area contributed by atoms with E-state index in [1.807, 2.05) is 0 Å². The quantitative estimate of drug-likeness (QED) is 0.0261. The van der Waals surface area contributed by atoms with Gasteiger partial charge in [-0.05, 0) is 77.0 Å². The number of hydrogen-bond acceptors (Lipinski definition) is 6. The Morgan fingerprint density at radius 1 is 0.282 bits per heavy atom. The Hall–Kier alpha value is -2.63. The van der Waals surface area contributed by atoms with E-state index < -0.39 is 6.10 Å².